The van der Waals surface area contributed by atoms with Crippen molar-refractivity contribution in [2.75, 3.05) is 45.2 Å². The number of ether oxygens (including phenoxy) is 1. The molecule has 0 spiro atoms. The van der Waals surface area contributed by atoms with E-state index in [9.17, 15) is 5.11 Å². The molecule has 0 fully saturated rings. The van der Waals surface area contributed by atoms with Gasteiger partial charge in [0.1, 0.15) is 18.5 Å². The number of para-hydroxylation sites is 2. The van der Waals surface area contributed by atoms with Crippen molar-refractivity contribution in [3.8, 4) is 5.75 Å². The van der Waals surface area contributed by atoms with E-state index in [1.807, 2.05) is 12.1 Å². The lowest BCUT2D eigenvalue weighted by Gasteiger charge is -2.23. The zero-order valence-corrected chi connectivity index (χ0v) is 10.9. The molecular formula is C13H22N2O4. The standard InChI is InChI=1S/C13H22N2O4/c14-12-3-1-2-4-13(12)19-10-11(18)9-15(5-7-16)6-8-17/h1-4,11,16-18H,5-10,14H2. The van der Waals surface area contributed by atoms with Crippen LogP contribution in [0.2, 0.25) is 0 Å². The SMILES string of the molecule is Nc1ccccc1OCC(O)CN(CCO)CCO. The van der Waals surface area contributed by atoms with Crippen molar-refractivity contribution in [1.29, 1.82) is 0 Å². The average Bonchev–Trinajstić information content (AvgIpc) is 2.38. The molecule has 19 heavy (non-hydrogen) atoms. The van der Waals surface area contributed by atoms with Gasteiger partial charge in [0.25, 0.3) is 0 Å². The Morgan fingerprint density at radius 1 is 1.16 bits per heavy atom. The maximum atomic E-state index is 9.85. The molecule has 1 atom stereocenters. The zero-order chi connectivity index (χ0) is 14.1. The molecule has 0 radical (unpaired) electrons. The molecule has 0 aliphatic rings. The molecule has 0 aliphatic heterocycles. The van der Waals surface area contributed by atoms with Crippen molar-refractivity contribution in [3.63, 3.8) is 0 Å². The van der Waals surface area contributed by atoms with Crippen LogP contribution in [0.5, 0.6) is 5.75 Å². The molecule has 1 aromatic carbocycles. The van der Waals surface area contributed by atoms with Crippen LogP contribution in [-0.2, 0) is 0 Å². The molecule has 1 unspecified atom stereocenters. The van der Waals surface area contributed by atoms with E-state index >= 15 is 0 Å². The fourth-order valence-corrected chi connectivity index (χ4v) is 1.73. The third-order valence-electron chi connectivity index (χ3n) is 2.65. The van der Waals surface area contributed by atoms with Gasteiger partial charge in [-0.2, -0.15) is 0 Å². The summed E-state index contributed by atoms with van der Waals surface area (Å²) in [6.07, 6.45) is -0.710. The second kappa shape index (κ2) is 8.71. The average molecular weight is 270 g/mol. The monoisotopic (exact) mass is 270 g/mol. The number of rotatable bonds is 9. The maximum Gasteiger partial charge on any atom is 0.142 e. The number of hydrogen-bond acceptors (Lipinski definition) is 6. The maximum absolute atomic E-state index is 9.85. The largest absolute Gasteiger partial charge is 0.489 e. The highest BCUT2D eigenvalue weighted by Crippen LogP contribution is 2.19. The summed E-state index contributed by atoms with van der Waals surface area (Å²) in [5.41, 5.74) is 6.25. The molecule has 0 bridgehead atoms. The molecule has 0 saturated heterocycles. The number of aliphatic hydroxyl groups excluding tert-OH is 3. The number of aliphatic hydroxyl groups is 3. The summed E-state index contributed by atoms with van der Waals surface area (Å²) in [6.45, 7) is 1.23. The van der Waals surface area contributed by atoms with E-state index in [1.165, 1.54) is 0 Å². The first-order chi connectivity index (χ1) is 9.17. The Kier molecular flexibility index (Phi) is 7.20. The third kappa shape index (κ3) is 5.89. The fraction of sp³-hybridized carbons (Fsp3) is 0.538. The number of benzene rings is 1. The summed E-state index contributed by atoms with van der Waals surface area (Å²) in [5, 5.41) is 27.6. The minimum Gasteiger partial charge on any atom is -0.489 e. The Hall–Kier alpha value is -1.34. The van der Waals surface area contributed by atoms with Crippen molar-refractivity contribution < 1.29 is 20.1 Å². The molecule has 6 heteroatoms. The van der Waals surface area contributed by atoms with E-state index < -0.39 is 6.10 Å². The van der Waals surface area contributed by atoms with Gasteiger partial charge in [0.05, 0.1) is 18.9 Å². The molecular weight excluding hydrogens is 248 g/mol. The van der Waals surface area contributed by atoms with Gasteiger partial charge < -0.3 is 25.8 Å². The number of anilines is 1. The molecule has 1 aromatic rings. The second-order valence-corrected chi connectivity index (χ2v) is 4.25. The minimum absolute atomic E-state index is 0.0147. The van der Waals surface area contributed by atoms with E-state index in [1.54, 1.807) is 17.0 Å². The highest BCUT2D eigenvalue weighted by atomic mass is 16.5. The van der Waals surface area contributed by atoms with Crippen molar-refractivity contribution in [2.45, 2.75) is 6.10 Å². The number of nitrogen functional groups attached to an aromatic ring is 1. The Morgan fingerprint density at radius 3 is 2.37 bits per heavy atom. The fourth-order valence-electron chi connectivity index (χ4n) is 1.73. The van der Waals surface area contributed by atoms with Crippen LogP contribution in [0.25, 0.3) is 0 Å². The van der Waals surface area contributed by atoms with Crippen LogP contribution in [-0.4, -0.2) is 65.8 Å². The highest BCUT2D eigenvalue weighted by Gasteiger charge is 2.12. The first-order valence-corrected chi connectivity index (χ1v) is 6.26. The van der Waals surface area contributed by atoms with Gasteiger partial charge in [0.15, 0.2) is 0 Å². The topological polar surface area (TPSA) is 99.2 Å². The van der Waals surface area contributed by atoms with Crippen LogP contribution in [0.15, 0.2) is 24.3 Å². The van der Waals surface area contributed by atoms with E-state index in [0.29, 0.717) is 31.1 Å². The van der Waals surface area contributed by atoms with E-state index in [-0.39, 0.29) is 19.8 Å². The predicted octanol–water partition coefficient (Wildman–Crippen LogP) is -0.705. The summed E-state index contributed by atoms with van der Waals surface area (Å²) < 4.78 is 5.43. The van der Waals surface area contributed by atoms with Gasteiger partial charge in [-0.1, -0.05) is 12.1 Å². The molecule has 6 nitrogen and oxygen atoms in total. The second-order valence-electron chi connectivity index (χ2n) is 4.25. The van der Waals surface area contributed by atoms with Gasteiger partial charge in [-0.05, 0) is 12.1 Å². The van der Waals surface area contributed by atoms with Crippen molar-refractivity contribution in [1.82, 2.24) is 4.90 Å². The molecule has 5 N–H and O–H groups in total. The van der Waals surface area contributed by atoms with Gasteiger partial charge in [-0.15, -0.1) is 0 Å². The predicted molar refractivity (Wildman–Crippen MR) is 73.0 cm³/mol. The smallest absolute Gasteiger partial charge is 0.142 e. The lowest BCUT2D eigenvalue weighted by atomic mass is 10.3. The summed E-state index contributed by atoms with van der Waals surface area (Å²) in [5.74, 6) is 0.539. The van der Waals surface area contributed by atoms with Gasteiger partial charge in [-0.3, -0.25) is 4.90 Å². The number of nitrogens with zero attached hydrogens (tertiary/aromatic N) is 1. The highest BCUT2D eigenvalue weighted by molar-refractivity contribution is 5.51. The minimum atomic E-state index is -0.710. The Bertz CT molecular complexity index is 356. The van der Waals surface area contributed by atoms with Crippen LogP contribution in [0, 0.1) is 0 Å². The molecule has 1 rings (SSSR count). The molecule has 0 heterocycles. The summed E-state index contributed by atoms with van der Waals surface area (Å²) in [6, 6.07) is 7.08. The Labute approximate surface area is 113 Å². The summed E-state index contributed by atoms with van der Waals surface area (Å²) >= 11 is 0. The zero-order valence-electron chi connectivity index (χ0n) is 10.9. The van der Waals surface area contributed by atoms with Crippen molar-refractivity contribution in [3.05, 3.63) is 24.3 Å². The lowest BCUT2D eigenvalue weighted by Crippen LogP contribution is -2.38. The quantitative estimate of drug-likeness (QED) is 0.443. The molecule has 108 valence electrons. The van der Waals surface area contributed by atoms with E-state index in [4.69, 9.17) is 20.7 Å². The number of nitrogens with two attached hydrogens (primary N) is 1. The van der Waals surface area contributed by atoms with Crippen molar-refractivity contribution >= 4 is 5.69 Å². The summed E-state index contributed by atoms with van der Waals surface area (Å²) in [7, 11) is 0. The van der Waals surface area contributed by atoms with Gasteiger partial charge >= 0.3 is 0 Å². The van der Waals surface area contributed by atoms with Gasteiger partial charge in [0.2, 0.25) is 0 Å². The van der Waals surface area contributed by atoms with Gasteiger partial charge in [-0.25, -0.2) is 0 Å². The number of hydrogen-bond donors (Lipinski definition) is 4. The molecule has 0 amide bonds. The first kappa shape index (κ1) is 15.7. The van der Waals surface area contributed by atoms with Crippen molar-refractivity contribution in [2.24, 2.45) is 0 Å². The van der Waals surface area contributed by atoms with E-state index in [0.717, 1.165) is 0 Å². The third-order valence-corrected chi connectivity index (χ3v) is 2.65. The van der Waals surface area contributed by atoms with Crippen LogP contribution in [0.1, 0.15) is 0 Å². The Morgan fingerprint density at radius 2 is 1.79 bits per heavy atom. The van der Waals surface area contributed by atoms with Crippen LogP contribution >= 0.6 is 0 Å². The van der Waals surface area contributed by atoms with E-state index in [2.05, 4.69) is 0 Å². The molecule has 0 aliphatic carbocycles. The normalized spacial score (nSPS) is 12.6. The van der Waals surface area contributed by atoms with Crippen LogP contribution in [0.4, 0.5) is 5.69 Å². The first-order valence-electron chi connectivity index (χ1n) is 6.26. The summed E-state index contributed by atoms with van der Waals surface area (Å²) in [4.78, 5) is 1.77. The molecule has 0 aromatic heterocycles. The lowest BCUT2D eigenvalue weighted by molar-refractivity contribution is 0.0554. The van der Waals surface area contributed by atoms with Crippen LogP contribution in [0.3, 0.4) is 0 Å². The van der Waals surface area contributed by atoms with Crippen LogP contribution < -0.4 is 10.5 Å². The Balaban J connectivity index is 2.38. The molecule has 0 saturated carbocycles. The van der Waals surface area contributed by atoms with Gasteiger partial charge in [0, 0.05) is 19.6 Å².